The van der Waals surface area contributed by atoms with Crippen LogP contribution in [-0.4, -0.2) is 26.3 Å². The summed E-state index contributed by atoms with van der Waals surface area (Å²) in [5.41, 5.74) is 0. The second kappa shape index (κ2) is 4.29. The zero-order valence-electron chi connectivity index (χ0n) is 8.07. The summed E-state index contributed by atoms with van der Waals surface area (Å²) in [6.45, 7) is 2.20. The lowest BCUT2D eigenvalue weighted by atomic mass is 10.4. The van der Waals surface area contributed by atoms with Crippen molar-refractivity contribution in [1.29, 1.82) is 0 Å². The summed E-state index contributed by atoms with van der Waals surface area (Å²) in [7, 11) is -1.89. The van der Waals surface area contributed by atoms with Gasteiger partial charge in [0, 0.05) is 13.6 Å². The van der Waals surface area contributed by atoms with Crippen molar-refractivity contribution in [2.45, 2.75) is 11.8 Å². The largest absolute Gasteiger partial charge is 0.244 e. The Labute approximate surface area is 89.4 Å². The van der Waals surface area contributed by atoms with E-state index in [2.05, 4.69) is 0 Å². The Morgan fingerprint density at radius 2 is 1.93 bits per heavy atom. The van der Waals surface area contributed by atoms with Gasteiger partial charge in [0.05, 0.1) is 5.02 Å². The lowest BCUT2D eigenvalue weighted by molar-refractivity contribution is 0.486. The van der Waals surface area contributed by atoms with Gasteiger partial charge < -0.3 is 0 Å². The number of benzene rings is 1. The fraction of sp³-hybridized carbons (Fsp3) is 0.333. The van der Waals surface area contributed by atoms with E-state index in [9.17, 15) is 8.42 Å². The van der Waals surface area contributed by atoms with Gasteiger partial charge in [-0.1, -0.05) is 30.7 Å². The normalized spacial score (nSPS) is 12.0. The molecular formula is C9H12ClNO2S. The zero-order valence-corrected chi connectivity index (χ0v) is 9.64. The quantitative estimate of drug-likeness (QED) is 0.801. The van der Waals surface area contributed by atoms with Gasteiger partial charge >= 0.3 is 0 Å². The molecule has 0 bridgehead atoms. The van der Waals surface area contributed by atoms with Crippen molar-refractivity contribution in [2.24, 2.45) is 0 Å². The second-order valence-electron chi connectivity index (χ2n) is 2.85. The van der Waals surface area contributed by atoms with Gasteiger partial charge in [0.1, 0.15) is 4.90 Å². The summed E-state index contributed by atoms with van der Waals surface area (Å²) in [6.07, 6.45) is 0. The smallest absolute Gasteiger partial charge is 0.207 e. The summed E-state index contributed by atoms with van der Waals surface area (Å²) in [6, 6.07) is 6.43. The fourth-order valence-corrected chi connectivity index (χ4v) is 2.66. The van der Waals surface area contributed by atoms with Gasteiger partial charge in [-0.25, -0.2) is 12.7 Å². The fourth-order valence-electron chi connectivity index (χ4n) is 0.992. The van der Waals surface area contributed by atoms with Crippen LogP contribution in [0.1, 0.15) is 6.92 Å². The van der Waals surface area contributed by atoms with Gasteiger partial charge in [-0.05, 0) is 12.1 Å². The predicted octanol–water partition coefficient (Wildman–Crippen LogP) is 1.98. The number of halogens is 1. The van der Waals surface area contributed by atoms with Crippen molar-refractivity contribution in [3.63, 3.8) is 0 Å². The van der Waals surface area contributed by atoms with Gasteiger partial charge in [-0.2, -0.15) is 0 Å². The predicted molar refractivity (Wildman–Crippen MR) is 56.9 cm³/mol. The average Bonchev–Trinajstić information content (AvgIpc) is 2.17. The van der Waals surface area contributed by atoms with Crippen molar-refractivity contribution in [2.75, 3.05) is 13.6 Å². The number of rotatable bonds is 3. The molecule has 0 heterocycles. The van der Waals surface area contributed by atoms with Crippen LogP contribution in [0.2, 0.25) is 5.02 Å². The maximum Gasteiger partial charge on any atom is 0.244 e. The topological polar surface area (TPSA) is 37.4 Å². The van der Waals surface area contributed by atoms with Crippen LogP contribution in [0.15, 0.2) is 29.2 Å². The van der Waals surface area contributed by atoms with Crippen LogP contribution >= 0.6 is 11.6 Å². The third-order valence-electron chi connectivity index (χ3n) is 1.97. The van der Waals surface area contributed by atoms with Crippen LogP contribution in [0.25, 0.3) is 0 Å². The molecule has 0 saturated carbocycles. The van der Waals surface area contributed by atoms with Gasteiger partial charge in [0.25, 0.3) is 0 Å². The Morgan fingerprint density at radius 1 is 1.36 bits per heavy atom. The molecule has 78 valence electrons. The van der Waals surface area contributed by atoms with Crippen LogP contribution in [0, 0.1) is 0 Å². The molecule has 3 nitrogen and oxygen atoms in total. The highest BCUT2D eigenvalue weighted by atomic mass is 35.5. The summed E-state index contributed by atoms with van der Waals surface area (Å²) in [5, 5.41) is 0.257. The maximum atomic E-state index is 11.8. The molecule has 0 aliphatic heterocycles. The zero-order chi connectivity index (χ0) is 10.8. The maximum absolute atomic E-state index is 11.8. The third kappa shape index (κ3) is 2.08. The number of sulfonamides is 1. The van der Waals surface area contributed by atoms with Crippen LogP contribution < -0.4 is 0 Å². The van der Waals surface area contributed by atoms with E-state index in [0.29, 0.717) is 6.54 Å². The average molecular weight is 234 g/mol. The molecule has 0 spiro atoms. The van der Waals surface area contributed by atoms with Crippen molar-refractivity contribution in [1.82, 2.24) is 4.31 Å². The lowest BCUT2D eigenvalue weighted by Crippen LogP contribution is -2.26. The molecule has 0 aliphatic carbocycles. The summed E-state index contributed by atoms with van der Waals surface area (Å²) in [4.78, 5) is 0.158. The van der Waals surface area contributed by atoms with Crippen LogP contribution in [0.4, 0.5) is 0 Å². The molecule has 5 heteroatoms. The van der Waals surface area contributed by atoms with Gasteiger partial charge in [-0.3, -0.25) is 0 Å². The van der Waals surface area contributed by atoms with E-state index in [1.54, 1.807) is 25.1 Å². The van der Waals surface area contributed by atoms with E-state index in [1.165, 1.54) is 17.4 Å². The Morgan fingerprint density at radius 3 is 2.43 bits per heavy atom. The minimum absolute atomic E-state index is 0.158. The van der Waals surface area contributed by atoms with Crippen LogP contribution in [0.3, 0.4) is 0 Å². The molecule has 0 fully saturated rings. The number of nitrogens with zero attached hydrogens (tertiary/aromatic N) is 1. The standard InChI is InChI=1S/C9H12ClNO2S/c1-3-11(2)14(12,13)9-7-5-4-6-8(9)10/h4-7H,3H2,1-2H3. The molecule has 0 saturated heterocycles. The Balaban J connectivity index is 3.24. The lowest BCUT2D eigenvalue weighted by Gasteiger charge is -2.15. The minimum Gasteiger partial charge on any atom is -0.207 e. The minimum atomic E-state index is -3.42. The Hall–Kier alpha value is -0.580. The molecule has 0 amide bonds. The Kier molecular flexibility index (Phi) is 3.53. The van der Waals surface area contributed by atoms with Crippen molar-refractivity contribution in [3.8, 4) is 0 Å². The summed E-state index contributed by atoms with van der Waals surface area (Å²) >= 11 is 5.80. The van der Waals surface area contributed by atoms with Gasteiger partial charge in [-0.15, -0.1) is 0 Å². The second-order valence-corrected chi connectivity index (χ2v) is 5.27. The molecule has 0 radical (unpaired) electrons. The van der Waals surface area contributed by atoms with E-state index < -0.39 is 10.0 Å². The highest BCUT2D eigenvalue weighted by molar-refractivity contribution is 7.89. The first-order chi connectivity index (χ1) is 6.50. The SMILES string of the molecule is CCN(C)S(=O)(=O)c1ccccc1Cl. The first kappa shape index (κ1) is 11.5. The highest BCUT2D eigenvalue weighted by Crippen LogP contribution is 2.22. The molecule has 1 rings (SSSR count). The molecule has 0 aromatic heterocycles. The molecule has 1 aromatic rings. The van der Waals surface area contributed by atoms with Crippen molar-refractivity contribution in [3.05, 3.63) is 29.3 Å². The molecular weight excluding hydrogens is 222 g/mol. The molecule has 0 N–H and O–H groups in total. The summed E-state index contributed by atoms with van der Waals surface area (Å²) < 4.78 is 24.9. The van der Waals surface area contributed by atoms with Gasteiger partial charge in [0.15, 0.2) is 0 Å². The van der Waals surface area contributed by atoms with Crippen molar-refractivity contribution < 1.29 is 8.42 Å². The first-order valence-corrected chi connectivity index (χ1v) is 6.02. The van der Waals surface area contributed by atoms with Crippen LogP contribution in [-0.2, 0) is 10.0 Å². The third-order valence-corrected chi connectivity index (χ3v) is 4.40. The monoisotopic (exact) mass is 233 g/mol. The summed E-state index contributed by atoms with van der Waals surface area (Å²) in [5.74, 6) is 0. The molecule has 1 aromatic carbocycles. The Bertz CT molecular complexity index is 417. The van der Waals surface area contributed by atoms with E-state index in [1.807, 2.05) is 0 Å². The van der Waals surface area contributed by atoms with Crippen LogP contribution in [0.5, 0.6) is 0 Å². The molecule has 0 unspecified atom stereocenters. The first-order valence-electron chi connectivity index (χ1n) is 4.21. The van der Waals surface area contributed by atoms with E-state index in [-0.39, 0.29) is 9.92 Å². The van der Waals surface area contributed by atoms with E-state index >= 15 is 0 Å². The molecule has 0 aliphatic rings. The van der Waals surface area contributed by atoms with Gasteiger partial charge in [0.2, 0.25) is 10.0 Å². The molecule has 14 heavy (non-hydrogen) atoms. The number of hydrogen-bond donors (Lipinski definition) is 0. The molecule has 0 atom stereocenters. The van der Waals surface area contributed by atoms with Crippen molar-refractivity contribution >= 4 is 21.6 Å². The van der Waals surface area contributed by atoms with E-state index in [0.717, 1.165) is 0 Å². The highest BCUT2D eigenvalue weighted by Gasteiger charge is 2.21. The van der Waals surface area contributed by atoms with E-state index in [4.69, 9.17) is 11.6 Å². The number of hydrogen-bond acceptors (Lipinski definition) is 2.